The Morgan fingerprint density at radius 1 is 0.975 bits per heavy atom. The lowest BCUT2D eigenvalue weighted by molar-refractivity contribution is -0.137. The molecule has 0 bridgehead atoms. The van der Waals surface area contributed by atoms with Crippen LogP contribution in [0.5, 0.6) is 5.88 Å². The minimum Gasteiger partial charge on any atom is -0.481 e. The van der Waals surface area contributed by atoms with Crippen LogP contribution in [-0.4, -0.2) is 32.4 Å². The van der Waals surface area contributed by atoms with Crippen LogP contribution in [0.3, 0.4) is 0 Å². The summed E-state index contributed by atoms with van der Waals surface area (Å²) in [5.41, 5.74) is 8.00. The zero-order valence-electron chi connectivity index (χ0n) is 25.5. The van der Waals surface area contributed by atoms with Gasteiger partial charge in [-0.3, -0.25) is 9.78 Å². The van der Waals surface area contributed by atoms with Crippen molar-refractivity contribution < 1.29 is 14.6 Å². The Bertz CT molecular complexity index is 1290. The molecule has 0 saturated heterocycles. The van der Waals surface area contributed by atoms with Gasteiger partial charge in [0.25, 0.3) is 0 Å². The SMILES string of the molecule is CCn1nc(CC(CC(=O)O)c2cc(C(C)(C)C)cc(C(C)(C)C)c2)cc1OCCc1ccc2c(n1)CCCC2. The fraction of sp³-hybridized carbons (Fsp3) is 0.559. The zero-order valence-corrected chi connectivity index (χ0v) is 25.5. The summed E-state index contributed by atoms with van der Waals surface area (Å²) < 4.78 is 8.07. The van der Waals surface area contributed by atoms with Gasteiger partial charge in [0, 0.05) is 30.4 Å². The third-order valence-electron chi connectivity index (χ3n) is 7.97. The predicted octanol–water partition coefficient (Wildman–Crippen LogP) is 7.19. The Kier molecular flexibility index (Phi) is 9.06. The molecule has 1 N–H and O–H groups in total. The molecule has 6 heteroatoms. The summed E-state index contributed by atoms with van der Waals surface area (Å²) in [7, 11) is 0. The Balaban J connectivity index is 1.53. The second-order valence-electron chi connectivity index (χ2n) is 13.3. The lowest BCUT2D eigenvalue weighted by atomic mass is 9.77. The topological polar surface area (TPSA) is 77.2 Å². The average molecular weight is 546 g/mol. The van der Waals surface area contributed by atoms with Gasteiger partial charge in [-0.1, -0.05) is 65.8 Å². The smallest absolute Gasteiger partial charge is 0.303 e. The normalized spacial score (nSPS) is 14.6. The van der Waals surface area contributed by atoms with E-state index in [-0.39, 0.29) is 23.2 Å². The molecule has 0 spiro atoms. The maximum atomic E-state index is 12.0. The van der Waals surface area contributed by atoms with E-state index >= 15 is 0 Å². The van der Waals surface area contributed by atoms with Crippen LogP contribution in [0.25, 0.3) is 0 Å². The Hall–Kier alpha value is -3.15. The van der Waals surface area contributed by atoms with E-state index < -0.39 is 5.97 Å². The molecule has 6 nitrogen and oxygen atoms in total. The number of hydrogen-bond acceptors (Lipinski definition) is 4. The molecule has 216 valence electrons. The number of nitrogens with zero attached hydrogens (tertiary/aromatic N) is 3. The molecule has 1 aromatic carbocycles. The quantitative estimate of drug-likeness (QED) is 0.292. The van der Waals surface area contributed by atoms with E-state index in [0.717, 1.165) is 42.1 Å². The summed E-state index contributed by atoms with van der Waals surface area (Å²) in [5, 5.41) is 14.6. The summed E-state index contributed by atoms with van der Waals surface area (Å²) in [6.07, 6.45) is 6.03. The van der Waals surface area contributed by atoms with Crippen molar-refractivity contribution in [3.8, 4) is 5.88 Å². The van der Waals surface area contributed by atoms with Crippen molar-refractivity contribution in [3.63, 3.8) is 0 Å². The number of aryl methyl sites for hydroxylation is 3. The van der Waals surface area contributed by atoms with Crippen LogP contribution in [0.15, 0.2) is 36.4 Å². The first-order chi connectivity index (χ1) is 18.8. The number of carboxylic acids is 1. The third kappa shape index (κ3) is 7.52. The molecule has 0 aliphatic heterocycles. The number of hydrogen-bond donors (Lipinski definition) is 1. The van der Waals surface area contributed by atoms with Crippen molar-refractivity contribution in [2.75, 3.05) is 6.61 Å². The van der Waals surface area contributed by atoms with Gasteiger partial charge in [-0.25, -0.2) is 4.68 Å². The summed E-state index contributed by atoms with van der Waals surface area (Å²) in [6.45, 7) is 16.5. The number of ether oxygens (including phenoxy) is 1. The standard InChI is InChI=1S/C34H47N3O3/c1-8-37-31(40-16-15-28-14-13-23-11-9-10-12-30(23)35-28)22-29(36-37)19-25(20-32(38)39)24-17-26(33(2,3)4)21-27(18-24)34(5,6)7/h13-14,17-18,21-22,25H,8-12,15-16,19-20H2,1-7H3,(H,38,39). The number of rotatable bonds is 10. The van der Waals surface area contributed by atoms with E-state index in [0.29, 0.717) is 19.6 Å². The van der Waals surface area contributed by atoms with Gasteiger partial charge < -0.3 is 9.84 Å². The monoisotopic (exact) mass is 545 g/mol. The van der Waals surface area contributed by atoms with Gasteiger partial charge in [0.15, 0.2) is 0 Å². The van der Waals surface area contributed by atoms with Gasteiger partial charge in [-0.2, -0.15) is 5.10 Å². The maximum Gasteiger partial charge on any atom is 0.303 e. The molecular formula is C34H47N3O3. The van der Waals surface area contributed by atoms with Gasteiger partial charge >= 0.3 is 5.97 Å². The van der Waals surface area contributed by atoms with E-state index in [2.05, 4.69) is 71.9 Å². The lowest BCUT2D eigenvalue weighted by Crippen LogP contribution is -2.19. The third-order valence-corrected chi connectivity index (χ3v) is 7.97. The predicted molar refractivity (Wildman–Crippen MR) is 161 cm³/mol. The fourth-order valence-electron chi connectivity index (χ4n) is 5.44. The highest BCUT2D eigenvalue weighted by atomic mass is 16.5. The van der Waals surface area contributed by atoms with Crippen molar-refractivity contribution in [3.05, 3.63) is 75.7 Å². The number of carbonyl (C=O) groups is 1. The number of aromatic nitrogens is 3. The molecule has 1 aliphatic carbocycles. The van der Waals surface area contributed by atoms with E-state index in [4.69, 9.17) is 14.8 Å². The van der Waals surface area contributed by atoms with Crippen molar-refractivity contribution in [1.29, 1.82) is 0 Å². The molecule has 0 amide bonds. The Morgan fingerprint density at radius 2 is 1.65 bits per heavy atom. The molecule has 0 saturated carbocycles. The van der Waals surface area contributed by atoms with Gasteiger partial charge in [0.1, 0.15) is 0 Å². The minimum absolute atomic E-state index is 0.0402. The maximum absolute atomic E-state index is 12.0. The number of carboxylic acid groups (broad SMARTS) is 1. The highest BCUT2D eigenvalue weighted by molar-refractivity contribution is 5.68. The van der Waals surface area contributed by atoms with Gasteiger partial charge in [0.2, 0.25) is 5.88 Å². The van der Waals surface area contributed by atoms with E-state index in [1.165, 1.54) is 35.2 Å². The van der Waals surface area contributed by atoms with Crippen molar-refractivity contribution in [2.45, 2.75) is 117 Å². The van der Waals surface area contributed by atoms with Gasteiger partial charge in [-0.15, -0.1) is 0 Å². The molecule has 40 heavy (non-hydrogen) atoms. The van der Waals surface area contributed by atoms with Crippen LogP contribution in [-0.2, 0) is 47.9 Å². The first-order valence-corrected chi connectivity index (χ1v) is 14.9. The van der Waals surface area contributed by atoms with Crippen LogP contribution in [0.2, 0.25) is 0 Å². The Morgan fingerprint density at radius 3 is 2.27 bits per heavy atom. The lowest BCUT2D eigenvalue weighted by Gasteiger charge is -2.28. The second-order valence-corrected chi connectivity index (χ2v) is 13.3. The molecule has 2 heterocycles. The van der Waals surface area contributed by atoms with Crippen LogP contribution in [0, 0.1) is 0 Å². The number of benzene rings is 1. The second kappa shape index (κ2) is 12.2. The number of aliphatic carboxylic acids is 1. The number of fused-ring (bicyclic) bond motifs is 1. The van der Waals surface area contributed by atoms with Crippen LogP contribution < -0.4 is 4.74 Å². The molecule has 3 aromatic rings. The van der Waals surface area contributed by atoms with E-state index in [9.17, 15) is 9.90 Å². The van der Waals surface area contributed by atoms with E-state index in [1.54, 1.807) is 0 Å². The zero-order chi connectivity index (χ0) is 29.1. The highest BCUT2D eigenvalue weighted by Crippen LogP contribution is 2.35. The number of pyridine rings is 1. The van der Waals surface area contributed by atoms with Crippen LogP contribution in [0.4, 0.5) is 0 Å². The minimum atomic E-state index is -0.799. The fourth-order valence-corrected chi connectivity index (χ4v) is 5.44. The van der Waals surface area contributed by atoms with Gasteiger partial charge in [0.05, 0.1) is 18.7 Å². The average Bonchev–Trinajstić information content (AvgIpc) is 3.28. The summed E-state index contributed by atoms with van der Waals surface area (Å²) in [5.74, 6) is -0.260. The van der Waals surface area contributed by atoms with Crippen molar-refractivity contribution >= 4 is 5.97 Å². The van der Waals surface area contributed by atoms with E-state index in [1.807, 2.05) is 17.7 Å². The molecule has 2 aromatic heterocycles. The van der Waals surface area contributed by atoms with Crippen molar-refractivity contribution in [2.24, 2.45) is 0 Å². The summed E-state index contributed by atoms with van der Waals surface area (Å²) >= 11 is 0. The summed E-state index contributed by atoms with van der Waals surface area (Å²) in [6, 6.07) is 13.0. The molecule has 0 fully saturated rings. The molecule has 1 aliphatic rings. The van der Waals surface area contributed by atoms with Crippen LogP contribution >= 0.6 is 0 Å². The first-order valence-electron chi connectivity index (χ1n) is 14.9. The van der Waals surface area contributed by atoms with Crippen LogP contribution in [0.1, 0.15) is 113 Å². The van der Waals surface area contributed by atoms with Gasteiger partial charge in [-0.05, 0) is 84.1 Å². The van der Waals surface area contributed by atoms with Crippen molar-refractivity contribution in [1.82, 2.24) is 14.8 Å². The molecular weight excluding hydrogens is 498 g/mol. The molecule has 1 atom stereocenters. The first kappa shape index (κ1) is 29.8. The largest absolute Gasteiger partial charge is 0.481 e. The molecule has 0 radical (unpaired) electrons. The Labute approximate surface area is 240 Å². The highest BCUT2D eigenvalue weighted by Gasteiger charge is 2.25. The molecule has 1 unspecified atom stereocenters. The summed E-state index contributed by atoms with van der Waals surface area (Å²) in [4.78, 5) is 16.9. The molecule has 4 rings (SSSR count).